The van der Waals surface area contributed by atoms with Crippen molar-refractivity contribution in [2.75, 3.05) is 29.7 Å². The summed E-state index contributed by atoms with van der Waals surface area (Å²) in [6.45, 7) is 0.589. The molecule has 3 aliphatic rings. The minimum atomic E-state index is -3.34. The highest BCUT2D eigenvalue weighted by molar-refractivity contribution is 7.91. The first-order chi connectivity index (χ1) is 15.6. The van der Waals surface area contributed by atoms with E-state index in [4.69, 9.17) is 4.74 Å². The Hall–Kier alpha value is -2.54. The summed E-state index contributed by atoms with van der Waals surface area (Å²) in [6, 6.07) is -0.650. The fourth-order valence-electron chi connectivity index (χ4n) is 4.22. The van der Waals surface area contributed by atoms with Crippen LogP contribution in [0.5, 0.6) is 0 Å². The molecule has 33 heavy (non-hydrogen) atoms. The highest BCUT2D eigenvalue weighted by atomic mass is 32.2. The van der Waals surface area contributed by atoms with E-state index in [0.717, 1.165) is 6.42 Å². The van der Waals surface area contributed by atoms with Crippen LogP contribution in [0.25, 0.3) is 0 Å². The molecule has 0 spiro atoms. The number of benzene rings is 1. The number of ether oxygens (including phenoxy) is 1. The Bertz CT molecular complexity index is 1090. The summed E-state index contributed by atoms with van der Waals surface area (Å²) in [5, 5.41) is 3.90. The third-order valence-corrected chi connectivity index (χ3v) is 7.66. The van der Waals surface area contributed by atoms with Gasteiger partial charge in [-0.3, -0.25) is 9.59 Å². The largest absolute Gasteiger partial charge is 0.376 e. The van der Waals surface area contributed by atoms with Crippen molar-refractivity contribution in [2.24, 2.45) is 5.10 Å². The smallest absolute Gasteiger partial charge is 0.270 e. The van der Waals surface area contributed by atoms with Crippen LogP contribution in [0, 0.1) is 23.3 Å². The van der Waals surface area contributed by atoms with Gasteiger partial charge >= 0.3 is 0 Å². The molecule has 0 aromatic heterocycles. The molecule has 13 heteroatoms. The fraction of sp³-hybridized carbons (Fsp3) is 0.550. The zero-order chi connectivity index (χ0) is 23.9. The quantitative estimate of drug-likeness (QED) is 0.463. The van der Waals surface area contributed by atoms with Gasteiger partial charge in [0.05, 0.1) is 17.6 Å². The van der Waals surface area contributed by atoms with Crippen molar-refractivity contribution in [3.8, 4) is 0 Å². The highest BCUT2D eigenvalue weighted by Crippen LogP contribution is 2.31. The number of hydrogen-bond donors (Lipinski definition) is 0. The molecule has 180 valence electrons. The van der Waals surface area contributed by atoms with Crippen LogP contribution >= 0.6 is 0 Å². The van der Waals surface area contributed by atoms with E-state index >= 15 is 0 Å². The molecule has 8 nitrogen and oxygen atoms in total. The van der Waals surface area contributed by atoms with Gasteiger partial charge < -0.3 is 9.64 Å². The number of rotatable bonds is 5. The topological polar surface area (TPSA) is 96.3 Å². The molecule has 3 heterocycles. The van der Waals surface area contributed by atoms with Gasteiger partial charge in [-0.15, -0.1) is 0 Å². The second-order valence-electron chi connectivity index (χ2n) is 8.22. The van der Waals surface area contributed by atoms with Crippen molar-refractivity contribution in [1.82, 2.24) is 4.90 Å². The number of halogens is 4. The van der Waals surface area contributed by atoms with Gasteiger partial charge in [-0.25, -0.2) is 26.0 Å². The lowest BCUT2D eigenvalue weighted by Gasteiger charge is -2.32. The second-order valence-corrected chi connectivity index (χ2v) is 10.4. The average molecular weight is 491 g/mol. The monoisotopic (exact) mass is 491 g/mol. The van der Waals surface area contributed by atoms with Crippen LogP contribution in [-0.4, -0.2) is 67.6 Å². The van der Waals surface area contributed by atoms with Crippen LogP contribution in [-0.2, 0) is 24.2 Å². The van der Waals surface area contributed by atoms with Crippen molar-refractivity contribution in [3.05, 3.63) is 29.3 Å². The summed E-state index contributed by atoms with van der Waals surface area (Å²) in [7, 11) is -3.34. The summed E-state index contributed by atoms with van der Waals surface area (Å²) >= 11 is 0. The second kappa shape index (κ2) is 9.01. The molecule has 1 aromatic rings. The number of hydrogen-bond acceptors (Lipinski definition) is 6. The van der Waals surface area contributed by atoms with Crippen molar-refractivity contribution in [3.63, 3.8) is 0 Å². The Kier molecular flexibility index (Phi) is 6.45. The van der Waals surface area contributed by atoms with Crippen LogP contribution < -0.4 is 5.01 Å². The van der Waals surface area contributed by atoms with E-state index in [2.05, 4.69) is 5.10 Å². The van der Waals surface area contributed by atoms with Gasteiger partial charge in [-0.1, -0.05) is 0 Å². The van der Waals surface area contributed by atoms with Gasteiger partial charge in [-0.05, 0) is 19.3 Å². The number of amides is 2. The van der Waals surface area contributed by atoms with E-state index in [0.29, 0.717) is 13.0 Å². The highest BCUT2D eigenvalue weighted by Gasteiger charge is 2.39. The van der Waals surface area contributed by atoms with Gasteiger partial charge in [0.15, 0.2) is 33.1 Å². The Labute approximate surface area is 187 Å². The predicted molar refractivity (Wildman–Crippen MR) is 108 cm³/mol. The van der Waals surface area contributed by atoms with Crippen LogP contribution in [0.15, 0.2) is 11.2 Å². The van der Waals surface area contributed by atoms with E-state index in [9.17, 15) is 35.6 Å². The number of carbonyl (C=O) groups excluding carboxylic acids is 2. The molecule has 0 bridgehead atoms. The minimum absolute atomic E-state index is 0.00222. The zero-order valence-corrected chi connectivity index (χ0v) is 18.2. The van der Waals surface area contributed by atoms with Gasteiger partial charge in [-0.2, -0.15) is 10.1 Å². The third-order valence-electron chi connectivity index (χ3n) is 5.91. The lowest BCUT2D eigenvalue weighted by Crippen LogP contribution is -2.49. The maximum absolute atomic E-state index is 14.3. The van der Waals surface area contributed by atoms with Crippen molar-refractivity contribution < 1.29 is 40.3 Å². The lowest BCUT2D eigenvalue weighted by atomic mass is 10.1. The molecule has 3 aliphatic heterocycles. The predicted octanol–water partition coefficient (Wildman–Crippen LogP) is 1.92. The lowest BCUT2D eigenvalue weighted by molar-refractivity contribution is -0.127. The van der Waals surface area contributed by atoms with E-state index < -0.39 is 63.1 Å². The maximum atomic E-state index is 14.3. The summed E-state index contributed by atoms with van der Waals surface area (Å²) in [5.74, 6) is -9.10. The number of hydrazone groups is 1. The first kappa shape index (κ1) is 23.6. The Morgan fingerprint density at radius 3 is 2.42 bits per heavy atom. The molecule has 0 radical (unpaired) electrons. The van der Waals surface area contributed by atoms with E-state index in [1.165, 1.54) is 4.90 Å². The van der Waals surface area contributed by atoms with Crippen molar-refractivity contribution >= 4 is 33.1 Å². The minimum Gasteiger partial charge on any atom is -0.376 e. The summed E-state index contributed by atoms with van der Waals surface area (Å²) in [4.78, 5) is 27.0. The van der Waals surface area contributed by atoms with E-state index in [1.54, 1.807) is 0 Å². The summed E-state index contributed by atoms with van der Waals surface area (Å²) < 4.78 is 85.4. The van der Waals surface area contributed by atoms with Crippen LogP contribution in [0.4, 0.5) is 23.2 Å². The van der Waals surface area contributed by atoms with E-state index in [-0.39, 0.29) is 53.8 Å². The van der Waals surface area contributed by atoms with Gasteiger partial charge in [0.25, 0.3) is 5.91 Å². The third kappa shape index (κ3) is 4.74. The van der Waals surface area contributed by atoms with Gasteiger partial charge in [0, 0.05) is 38.1 Å². The fourth-order valence-corrected chi connectivity index (χ4v) is 5.95. The average Bonchev–Trinajstić information content (AvgIpc) is 3.40. The molecular formula is C20H21F4N3O5S. The number of carbonyl (C=O) groups is 2. The molecule has 2 amide bonds. The molecule has 2 fully saturated rings. The normalized spacial score (nSPS) is 24.8. The standard InChI is InChI=1S/C20H21F4N3O5S/c21-13-8-14(22)18(24)19(17(13)23)27-16(28)4-3-15(25-27)20(29)26(9-12-2-1-6-32-12)11-5-7-33(30,31)10-11/h8,11-12H,1-7,9-10H2/t11-,12-/m0/s1. The molecule has 0 saturated carbocycles. The van der Waals surface area contributed by atoms with Gasteiger partial charge in [0.1, 0.15) is 11.4 Å². The zero-order valence-electron chi connectivity index (χ0n) is 17.4. The van der Waals surface area contributed by atoms with E-state index in [1.807, 2.05) is 0 Å². The Balaban J connectivity index is 1.68. The molecule has 2 saturated heterocycles. The van der Waals surface area contributed by atoms with Crippen molar-refractivity contribution in [1.29, 1.82) is 0 Å². The maximum Gasteiger partial charge on any atom is 0.270 e. The molecule has 1 aromatic carbocycles. The first-order valence-corrected chi connectivity index (χ1v) is 12.3. The van der Waals surface area contributed by atoms with Gasteiger partial charge in [0.2, 0.25) is 5.91 Å². The van der Waals surface area contributed by atoms with Crippen LogP contribution in [0.1, 0.15) is 32.1 Å². The van der Waals surface area contributed by atoms with Crippen molar-refractivity contribution in [2.45, 2.75) is 44.2 Å². The number of nitrogens with zero attached hydrogens (tertiary/aromatic N) is 3. The molecular weight excluding hydrogens is 470 g/mol. The number of sulfone groups is 1. The van der Waals surface area contributed by atoms with Crippen LogP contribution in [0.3, 0.4) is 0 Å². The molecule has 0 N–H and O–H groups in total. The molecule has 0 aliphatic carbocycles. The SMILES string of the molecule is O=C1CCC(C(=O)N(C[C@@H]2CCCO2)[C@H]2CCS(=O)(=O)C2)=NN1c1c(F)c(F)cc(F)c1F. The van der Waals surface area contributed by atoms with Crippen LogP contribution in [0.2, 0.25) is 0 Å². The molecule has 0 unspecified atom stereocenters. The summed E-state index contributed by atoms with van der Waals surface area (Å²) in [5.41, 5.74) is -1.63. The Morgan fingerprint density at radius 1 is 1.15 bits per heavy atom. The Morgan fingerprint density at radius 2 is 1.85 bits per heavy atom. The molecule has 2 atom stereocenters. The summed E-state index contributed by atoms with van der Waals surface area (Å²) in [6.07, 6.45) is 0.762. The first-order valence-electron chi connectivity index (χ1n) is 10.4. The molecule has 4 rings (SSSR count). The number of anilines is 1.